The minimum Gasteiger partial charge on any atom is -0.444 e. The van der Waals surface area contributed by atoms with Gasteiger partial charge in [0.2, 0.25) is 0 Å². The van der Waals surface area contributed by atoms with E-state index in [0.29, 0.717) is 0 Å². The molecule has 33 heavy (non-hydrogen) atoms. The zero-order valence-corrected chi connectivity index (χ0v) is 21.1. The van der Waals surface area contributed by atoms with Crippen molar-refractivity contribution in [1.82, 2.24) is 14.9 Å². The molecule has 1 amide bonds. The van der Waals surface area contributed by atoms with Crippen LogP contribution in [0.1, 0.15) is 80.1 Å². The van der Waals surface area contributed by atoms with Crippen molar-refractivity contribution in [1.29, 1.82) is 0 Å². The summed E-state index contributed by atoms with van der Waals surface area (Å²) in [7, 11) is -0.385. The van der Waals surface area contributed by atoms with Gasteiger partial charge in [-0.25, -0.2) is 9.78 Å². The van der Waals surface area contributed by atoms with E-state index in [9.17, 15) is 4.79 Å². The Balaban J connectivity index is 1.50. The van der Waals surface area contributed by atoms with E-state index in [0.717, 1.165) is 35.4 Å². The number of H-pyrrole nitrogens is 1. The standard InChI is InChI=1S/C25H36BN3O4/c1-16-9-14-20(29(16)22(30)31-23(2,3)4)21-27-15-19(28-21)17-10-12-18(13-11-17)26-32-24(5,6)25(7,8)33-26/h10-13,15-16,20H,9,14H2,1-8H3,(H,27,28)/t16-,20-/m0/s1. The first-order valence-corrected chi connectivity index (χ1v) is 11.8. The molecule has 2 aliphatic heterocycles. The van der Waals surface area contributed by atoms with Gasteiger partial charge in [0.1, 0.15) is 11.4 Å². The van der Waals surface area contributed by atoms with E-state index in [-0.39, 0.29) is 36.5 Å². The Bertz CT molecular complexity index is 993. The van der Waals surface area contributed by atoms with Gasteiger partial charge in [-0.3, -0.25) is 4.90 Å². The van der Waals surface area contributed by atoms with E-state index in [1.807, 2.05) is 56.1 Å². The zero-order chi connectivity index (χ0) is 24.2. The normalized spacial score (nSPS) is 24.4. The van der Waals surface area contributed by atoms with Gasteiger partial charge in [0.05, 0.1) is 29.1 Å². The number of hydrogen-bond donors (Lipinski definition) is 1. The molecule has 2 aliphatic rings. The third-order valence-corrected chi connectivity index (χ3v) is 6.93. The molecular formula is C25H36BN3O4. The Kier molecular flexibility index (Phi) is 5.90. The minimum atomic E-state index is -0.531. The van der Waals surface area contributed by atoms with Crippen molar-refractivity contribution >= 4 is 18.7 Å². The molecule has 2 saturated heterocycles. The van der Waals surface area contributed by atoms with E-state index in [2.05, 4.69) is 44.6 Å². The molecule has 0 radical (unpaired) electrons. The van der Waals surface area contributed by atoms with Crippen LogP contribution in [0.3, 0.4) is 0 Å². The second-order valence-electron chi connectivity index (χ2n) is 11.2. The molecule has 2 aromatic rings. The largest absolute Gasteiger partial charge is 0.494 e. The number of aromatic nitrogens is 2. The fourth-order valence-electron chi connectivity index (χ4n) is 4.33. The molecule has 1 aromatic heterocycles. The van der Waals surface area contributed by atoms with Crippen LogP contribution in [0.25, 0.3) is 11.3 Å². The Morgan fingerprint density at radius 1 is 1.12 bits per heavy atom. The summed E-state index contributed by atoms with van der Waals surface area (Å²) in [5.74, 6) is 0.787. The van der Waals surface area contributed by atoms with Gasteiger partial charge >= 0.3 is 13.2 Å². The zero-order valence-electron chi connectivity index (χ0n) is 21.1. The molecule has 0 aliphatic carbocycles. The van der Waals surface area contributed by atoms with E-state index in [1.165, 1.54) is 0 Å². The second kappa shape index (κ2) is 8.17. The third-order valence-electron chi connectivity index (χ3n) is 6.93. The summed E-state index contributed by atoms with van der Waals surface area (Å²) >= 11 is 0. The van der Waals surface area contributed by atoms with Crippen LogP contribution in [0.2, 0.25) is 0 Å². The quantitative estimate of drug-likeness (QED) is 0.674. The van der Waals surface area contributed by atoms with Crippen molar-refractivity contribution in [2.75, 3.05) is 0 Å². The molecule has 8 heteroatoms. The number of hydrogen-bond acceptors (Lipinski definition) is 5. The lowest BCUT2D eigenvalue weighted by Gasteiger charge is -2.32. The molecule has 0 bridgehead atoms. The summed E-state index contributed by atoms with van der Waals surface area (Å²) in [6.07, 6.45) is 3.31. The molecule has 0 unspecified atom stereocenters. The SMILES string of the molecule is C[C@H]1CC[C@@H](c2ncc(-c3ccc(B4OC(C)(C)C(C)(C)O4)cc3)[nH]2)N1C(=O)OC(C)(C)C. The Labute approximate surface area is 197 Å². The maximum Gasteiger partial charge on any atom is 0.494 e. The summed E-state index contributed by atoms with van der Waals surface area (Å²) in [6.45, 7) is 15.9. The molecular weight excluding hydrogens is 417 g/mol. The number of carbonyl (C=O) groups excluding carboxylic acids is 1. The maximum atomic E-state index is 12.8. The van der Waals surface area contributed by atoms with Crippen molar-refractivity contribution in [3.63, 3.8) is 0 Å². The van der Waals surface area contributed by atoms with Crippen molar-refractivity contribution in [2.45, 2.75) is 97.1 Å². The predicted molar refractivity (Wildman–Crippen MR) is 129 cm³/mol. The molecule has 0 saturated carbocycles. The number of nitrogens with zero attached hydrogens (tertiary/aromatic N) is 2. The highest BCUT2D eigenvalue weighted by Crippen LogP contribution is 2.38. The molecule has 7 nitrogen and oxygen atoms in total. The average Bonchev–Trinajstić information content (AvgIpc) is 3.37. The van der Waals surface area contributed by atoms with Crippen LogP contribution in [0.4, 0.5) is 4.79 Å². The fourth-order valence-corrected chi connectivity index (χ4v) is 4.33. The van der Waals surface area contributed by atoms with Crippen molar-refractivity contribution < 1.29 is 18.8 Å². The molecule has 2 fully saturated rings. The maximum absolute atomic E-state index is 12.8. The van der Waals surface area contributed by atoms with Gasteiger partial charge in [-0.1, -0.05) is 24.3 Å². The lowest BCUT2D eigenvalue weighted by atomic mass is 9.79. The number of nitrogens with one attached hydrogen (secondary N) is 1. The summed E-state index contributed by atoms with van der Waals surface area (Å²) in [5.41, 5.74) is 1.65. The summed E-state index contributed by atoms with van der Waals surface area (Å²) < 4.78 is 18.0. The average molecular weight is 453 g/mol. The Morgan fingerprint density at radius 3 is 2.30 bits per heavy atom. The number of rotatable bonds is 3. The molecule has 3 heterocycles. The number of likely N-dealkylation sites (tertiary alicyclic amines) is 1. The first kappa shape index (κ1) is 23.8. The minimum absolute atomic E-state index is 0.109. The van der Waals surface area contributed by atoms with Crippen molar-refractivity contribution in [2.24, 2.45) is 0 Å². The molecule has 4 rings (SSSR count). The van der Waals surface area contributed by atoms with Crippen molar-refractivity contribution in [3.8, 4) is 11.3 Å². The van der Waals surface area contributed by atoms with Crippen molar-refractivity contribution in [3.05, 3.63) is 36.3 Å². The van der Waals surface area contributed by atoms with Crippen LogP contribution in [-0.4, -0.2) is 50.9 Å². The number of benzene rings is 1. The number of amides is 1. The van der Waals surface area contributed by atoms with E-state index in [4.69, 9.17) is 14.0 Å². The van der Waals surface area contributed by atoms with Crippen LogP contribution in [0.15, 0.2) is 30.5 Å². The van der Waals surface area contributed by atoms with Crippen LogP contribution in [0, 0.1) is 0 Å². The van der Waals surface area contributed by atoms with Gasteiger partial charge < -0.3 is 19.0 Å². The number of ether oxygens (including phenoxy) is 1. The summed E-state index contributed by atoms with van der Waals surface area (Å²) in [4.78, 5) is 22.7. The highest BCUT2D eigenvalue weighted by molar-refractivity contribution is 6.62. The van der Waals surface area contributed by atoms with E-state index < -0.39 is 5.60 Å². The molecule has 0 spiro atoms. The van der Waals surface area contributed by atoms with Gasteiger partial charge in [0, 0.05) is 6.04 Å². The molecule has 1 aromatic carbocycles. The topological polar surface area (TPSA) is 76.7 Å². The second-order valence-corrected chi connectivity index (χ2v) is 11.2. The lowest BCUT2D eigenvalue weighted by molar-refractivity contribution is 0.00578. The van der Waals surface area contributed by atoms with Gasteiger partial charge in [-0.05, 0) is 79.3 Å². The van der Waals surface area contributed by atoms with Gasteiger partial charge in [0.25, 0.3) is 0 Å². The lowest BCUT2D eigenvalue weighted by Crippen LogP contribution is -2.41. The highest BCUT2D eigenvalue weighted by atomic mass is 16.7. The summed E-state index contributed by atoms with van der Waals surface area (Å²) in [5, 5.41) is 0. The Morgan fingerprint density at radius 2 is 1.73 bits per heavy atom. The van der Waals surface area contributed by atoms with Crippen LogP contribution < -0.4 is 5.46 Å². The highest BCUT2D eigenvalue weighted by Gasteiger charge is 2.51. The number of carbonyl (C=O) groups is 1. The molecule has 178 valence electrons. The van der Waals surface area contributed by atoms with Crippen LogP contribution in [0.5, 0.6) is 0 Å². The van der Waals surface area contributed by atoms with Gasteiger partial charge in [-0.15, -0.1) is 0 Å². The van der Waals surface area contributed by atoms with E-state index >= 15 is 0 Å². The monoisotopic (exact) mass is 453 g/mol. The van der Waals surface area contributed by atoms with Crippen LogP contribution in [-0.2, 0) is 14.0 Å². The third kappa shape index (κ3) is 4.69. The number of aromatic amines is 1. The smallest absolute Gasteiger partial charge is 0.444 e. The fraction of sp³-hybridized carbons (Fsp3) is 0.600. The van der Waals surface area contributed by atoms with Gasteiger partial charge in [-0.2, -0.15) is 0 Å². The van der Waals surface area contributed by atoms with Crippen LogP contribution >= 0.6 is 0 Å². The Hall–Kier alpha value is -2.32. The molecule has 2 atom stereocenters. The summed E-state index contributed by atoms with van der Waals surface area (Å²) in [6, 6.07) is 8.14. The first-order valence-electron chi connectivity index (χ1n) is 11.8. The predicted octanol–water partition coefficient (Wildman–Crippen LogP) is 4.84. The van der Waals surface area contributed by atoms with Gasteiger partial charge in [0.15, 0.2) is 0 Å². The molecule has 1 N–H and O–H groups in total. The number of imidazole rings is 1. The van der Waals surface area contributed by atoms with E-state index in [1.54, 1.807) is 0 Å². The first-order chi connectivity index (χ1) is 15.3.